The van der Waals surface area contributed by atoms with Gasteiger partial charge in [0.25, 0.3) is 5.12 Å². The van der Waals surface area contributed by atoms with E-state index in [1.807, 2.05) is 6.92 Å². The third kappa shape index (κ3) is 5.97. The highest BCUT2D eigenvalue weighted by Gasteiger charge is 2.17. The monoisotopic (exact) mass is 502 g/mol. The molecule has 0 fully saturated rings. The molecule has 2 N–H and O–H groups in total. The van der Waals surface area contributed by atoms with Crippen molar-refractivity contribution >= 4 is 40.1 Å². The van der Waals surface area contributed by atoms with E-state index in [4.69, 9.17) is 9.26 Å². The minimum absolute atomic E-state index is 0.0113. The summed E-state index contributed by atoms with van der Waals surface area (Å²) in [5, 5.41) is 8.42. The molecule has 2 amide bonds. The van der Waals surface area contributed by atoms with Gasteiger partial charge in [0.05, 0.1) is 5.01 Å². The summed E-state index contributed by atoms with van der Waals surface area (Å²) in [6, 6.07) is 10.8. The molecule has 2 aromatic heterocycles. The summed E-state index contributed by atoms with van der Waals surface area (Å²) in [4.78, 5) is 28.7. The Bertz CT molecular complexity index is 1340. The molecule has 0 unspecified atom stereocenters. The first-order valence-electron chi connectivity index (χ1n) is 9.71. The van der Waals surface area contributed by atoms with E-state index >= 15 is 0 Å². The maximum Gasteiger partial charge on any atom is 0.329 e. The van der Waals surface area contributed by atoms with Crippen LogP contribution in [-0.2, 0) is 6.61 Å². The molecule has 12 heteroatoms. The molecule has 0 bridgehead atoms. The van der Waals surface area contributed by atoms with Crippen LogP contribution in [0.3, 0.4) is 0 Å². The maximum atomic E-state index is 13.3. The van der Waals surface area contributed by atoms with Crippen LogP contribution in [0.5, 0.6) is 5.75 Å². The summed E-state index contributed by atoms with van der Waals surface area (Å²) >= 11 is 1.99. The first kappa shape index (κ1) is 23.4. The van der Waals surface area contributed by atoms with Crippen molar-refractivity contribution in [1.82, 2.24) is 14.9 Å². The van der Waals surface area contributed by atoms with Crippen LogP contribution in [0.2, 0.25) is 0 Å². The third-order valence-electron chi connectivity index (χ3n) is 4.31. The first-order chi connectivity index (χ1) is 16.4. The fourth-order valence-corrected chi connectivity index (χ4v) is 3.77. The summed E-state index contributed by atoms with van der Waals surface area (Å²) in [5.74, 6) is -1.13. The Hall–Kier alpha value is -3.77. The van der Waals surface area contributed by atoms with E-state index in [0.29, 0.717) is 40.4 Å². The Kier molecular flexibility index (Phi) is 7.18. The number of anilines is 1. The molecule has 8 nitrogen and oxygen atoms in total. The second kappa shape index (κ2) is 10.4. The molecule has 2 aromatic carbocycles. The van der Waals surface area contributed by atoms with Gasteiger partial charge in [-0.15, -0.1) is 11.3 Å². The third-order valence-corrected chi connectivity index (χ3v) is 5.76. The minimum Gasteiger partial charge on any atom is -0.489 e. The van der Waals surface area contributed by atoms with Crippen molar-refractivity contribution < 1.29 is 27.6 Å². The molecule has 4 rings (SSSR count). The Morgan fingerprint density at radius 1 is 1.15 bits per heavy atom. The number of urea groups is 1. The second-order valence-corrected chi connectivity index (χ2v) is 8.68. The van der Waals surface area contributed by atoms with Gasteiger partial charge in [-0.25, -0.2) is 18.6 Å². The minimum atomic E-state index is -0.958. The van der Waals surface area contributed by atoms with E-state index in [2.05, 4.69) is 20.2 Å². The summed E-state index contributed by atoms with van der Waals surface area (Å²) in [5.41, 5.74) is 1.47. The average Bonchev–Trinajstić information content (AvgIpc) is 3.48. The predicted molar refractivity (Wildman–Crippen MR) is 124 cm³/mol. The second-order valence-electron chi connectivity index (χ2n) is 6.84. The Balaban J connectivity index is 1.28. The van der Waals surface area contributed by atoms with Crippen LogP contribution in [0.25, 0.3) is 11.5 Å². The lowest BCUT2D eigenvalue weighted by molar-refractivity contribution is 0.108. The molecule has 0 aliphatic rings. The summed E-state index contributed by atoms with van der Waals surface area (Å²) < 4.78 is 39.4. The highest BCUT2D eigenvalue weighted by molar-refractivity contribution is 8.12. The van der Waals surface area contributed by atoms with Crippen LogP contribution in [0.1, 0.15) is 21.1 Å². The van der Waals surface area contributed by atoms with E-state index in [1.54, 1.807) is 29.6 Å². The van der Waals surface area contributed by atoms with Crippen LogP contribution in [0.4, 0.5) is 19.3 Å². The Morgan fingerprint density at radius 3 is 2.76 bits per heavy atom. The number of amides is 2. The predicted octanol–water partition coefficient (Wildman–Crippen LogP) is 5.57. The molecule has 2 heterocycles. The number of aryl methyl sites for hydroxylation is 1. The molecular formula is C22H16F2N4O4S2. The number of nitrogens with one attached hydrogen (secondary N) is 2. The van der Waals surface area contributed by atoms with Crippen LogP contribution in [0, 0.1) is 18.6 Å². The lowest BCUT2D eigenvalue weighted by Crippen LogP contribution is -2.24. The van der Waals surface area contributed by atoms with Gasteiger partial charge in [0.15, 0.2) is 23.1 Å². The van der Waals surface area contributed by atoms with E-state index < -0.39 is 22.8 Å². The van der Waals surface area contributed by atoms with Crippen LogP contribution in [0.15, 0.2) is 58.4 Å². The molecule has 0 aliphatic heterocycles. The van der Waals surface area contributed by atoms with Crippen molar-refractivity contribution in [3.05, 3.63) is 81.8 Å². The number of rotatable bonds is 6. The Labute approximate surface area is 200 Å². The molecule has 174 valence electrons. The van der Waals surface area contributed by atoms with Gasteiger partial charge in [-0.05, 0) is 36.8 Å². The molecule has 0 saturated carbocycles. The van der Waals surface area contributed by atoms with Gasteiger partial charge in [0.2, 0.25) is 0 Å². The van der Waals surface area contributed by atoms with Crippen molar-refractivity contribution in [3.8, 4) is 17.2 Å². The van der Waals surface area contributed by atoms with Crippen LogP contribution >= 0.6 is 23.3 Å². The maximum absolute atomic E-state index is 13.3. The standard InChI is InChI=1S/C22H16F2N4O4S2/c1-12-25-19(11-33-12)20-9-18(27-32-20)21(29)34-28-22(30)26-14-3-2-4-15(8-14)31-10-13-5-6-16(23)17(24)7-13/h2-9,11H,10H2,1H3,(H2,26,28,30). The number of hydrogen-bond acceptors (Lipinski definition) is 8. The van der Waals surface area contributed by atoms with Gasteiger partial charge in [-0.1, -0.05) is 17.3 Å². The lowest BCUT2D eigenvalue weighted by Gasteiger charge is -2.10. The van der Waals surface area contributed by atoms with E-state index in [-0.39, 0.29) is 12.3 Å². The number of carbonyl (C=O) groups excluding carboxylic acids is 2. The molecule has 34 heavy (non-hydrogen) atoms. The van der Waals surface area contributed by atoms with Gasteiger partial charge < -0.3 is 14.6 Å². The SMILES string of the molecule is Cc1nc(-c2cc(C(=O)SNC(=O)Nc3cccc(OCc4ccc(F)c(F)c4)c3)no2)cs1. The van der Waals surface area contributed by atoms with E-state index in [9.17, 15) is 18.4 Å². The number of benzene rings is 2. The summed E-state index contributed by atoms with van der Waals surface area (Å²) in [6.07, 6.45) is 0. The highest BCUT2D eigenvalue weighted by atomic mass is 32.2. The zero-order valence-corrected chi connectivity index (χ0v) is 19.1. The zero-order chi connectivity index (χ0) is 24.1. The van der Waals surface area contributed by atoms with Gasteiger partial charge in [-0.2, -0.15) is 0 Å². The zero-order valence-electron chi connectivity index (χ0n) is 17.5. The molecule has 0 saturated heterocycles. The van der Waals surface area contributed by atoms with E-state index in [0.717, 1.165) is 17.1 Å². The van der Waals surface area contributed by atoms with Crippen molar-refractivity contribution in [3.63, 3.8) is 0 Å². The number of halogens is 2. The smallest absolute Gasteiger partial charge is 0.329 e. The largest absolute Gasteiger partial charge is 0.489 e. The van der Waals surface area contributed by atoms with E-state index in [1.165, 1.54) is 23.5 Å². The lowest BCUT2D eigenvalue weighted by atomic mass is 10.2. The average molecular weight is 503 g/mol. The highest BCUT2D eigenvalue weighted by Crippen LogP contribution is 2.24. The van der Waals surface area contributed by atoms with Gasteiger partial charge in [-0.3, -0.25) is 9.52 Å². The van der Waals surface area contributed by atoms with Crippen LogP contribution in [-0.4, -0.2) is 21.3 Å². The van der Waals surface area contributed by atoms with Crippen molar-refractivity contribution in [2.24, 2.45) is 0 Å². The molecule has 0 atom stereocenters. The number of carbonyl (C=O) groups is 2. The van der Waals surface area contributed by atoms with Crippen molar-refractivity contribution in [2.75, 3.05) is 5.32 Å². The normalized spacial score (nSPS) is 10.7. The number of aromatic nitrogens is 2. The quantitative estimate of drug-likeness (QED) is 0.332. The first-order valence-corrected chi connectivity index (χ1v) is 11.4. The molecule has 0 spiro atoms. The number of ether oxygens (including phenoxy) is 1. The van der Waals surface area contributed by atoms with Gasteiger partial charge in [0.1, 0.15) is 18.1 Å². The molecule has 0 aliphatic carbocycles. The molecular weight excluding hydrogens is 486 g/mol. The molecule has 4 aromatic rings. The van der Waals surface area contributed by atoms with Gasteiger partial charge >= 0.3 is 6.03 Å². The number of nitrogens with zero attached hydrogens (tertiary/aromatic N) is 2. The fourth-order valence-electron chi connectivity index (χ4n) is 2.73. The summed E-state index contributed by atoms with van der Waals surface area (Å²) in [7, 11) is 0. The number of thiazole rings is 1. The fraction of sp³-hybridized carbons (Fsp3) is 0.0909. The number of hydrogen-bond donors (Lipinski definition) is 2. The van der Waals surface area contributed by atoms with Crippen LogP contribution < -0.4 is 14.8 Å². The molecule has 0 radical (unpaired) electrons. The van der Waals surface area contributed by atoms with Gasteiger partial charge in [0, 0.05) is 35.1 Å². The van der Waals surface area contributed by atoms with Crippen molar-refractivity contribution in [1.29, 1.82) is 0 Å². The summed E-state index contributed by atoms with van der Waals surface area (Å²) in [6.45, 7) is 1.86. The topological polar surface area (TPSA) is 106 Å². The van der Waals surface area contributed by atoms with Crippen molar-refractivity contribution in [2.45, 2.75) is 13.5 Å². The Morgan fingerprint density at radius 2 is 2.00 bits per heavy atom.